The van der Waals surface area contributed by atoms with Gasteiger partial charge in [0, 0.05) is 11.0 Å². The van der Waals surface area contributed by atoms with Crippen molar-refractivity contribution in [3.63, 3.8) is 0 Å². The Labute approximate surface area is 86.8 Å². The van der Waals surface area contributed by atoms with Gasteiger partial charge >= 0.3 is 0 Å². The number of fused-ring (bicyclic) bond motifs is 1. The molecular weight excluding hydrogens is 196 g/mol. The van der Waals surface area contributed by atoms with Crippen molar-refractivity contribution in [2.75, 3.05) is 5.08 Å². The average Bonchev–Trinajstić information content (AvgIpc) is 2.47. The Balaban J connectivity index is 1.97. The number of hydrogen-bond donors (Lipinski definition) is 0. The highest BCUT2D eigenvalue weighted by molar-refractivity contribution is 8.32. The summed E-state index contributed by atoms with van der Waals surface area (Å²) < 4.78 is 0.778. The van der Waals surface area contributed by atoms with E-state index in [1.54, 1.807) is 0 Å². The normalized spacial score (nSPS) is 25.7. The summed E-state index contributed by atoms with van der Waals surface area (Å²) in [6, 6.07) is 8.73. The predicted octanol–water partition coefficient (Wildman–Crippen LogP) is 3.56. The average molecular weight is 206 g/mol. The molecule has 2 heteroatoms. The second kappa shape index (κ2) is 3.10. The molecule has 1 unspecified atom stereocenters. The molecule has 13 heavy (non-hydrogen) atoms. The van der Waals surface area contributed by atoms with Crippen molar-refractivity contribution in [1.82, 2.24) is 0 Å². The molecule has 0 bridgehead atoms. The first kappa shape index (κ1) is 8.01. The number of hydrogen-bond acceptors (Lipinski definition) is 2. The van der Waals surface area contributed by atoms with Gasteiger partial charge in [-0.1, -0.05) is 36.4 Å². The molecular formula is C11H10S2. The van der Waals surface area contributed by atoms with Gasteiger partial charge < -0.3 is 0 Å². The van der Waals surface area contributed by atoms with E-state index in [2.05, 4.69) is 59.9 Å². The van der Waals surface area contributed by atoms with Gasteiger partial charge in [0.05, 0.1) is 4.58 Å². The lowest BCUT2D eigenvalue weighted by atomic mass is 10.0. The molecule has 0 spiro atoms. The third-order valence-corrected chi connectivity index (χ3v) is 5.74. The van der Waals surface area contributed by atoms with Crippen LogP contribution in [-0.4, -0.2) is 9.67 Å². The zero-order valence-electron chi connectivity index (χ0n) is 7.14. The molecule has 0 radical (unpaired) electrons. The van der Waals surface area contributed by atoms with Crippen LogP contribution in [-0.2, 0) is 0 Å². The lowest BCUT2D eigenvalue weighted by molar-refractivity contribution is 0.959. The number of benzene rings is 1. The number of thioether (sulfide) groups is 2. The second-order valence-electron chi connectivity index (χ2n) is 3.33. The Bertz CT molecular complexity index is 353. The van der Waals surface area contributed by atoms with Crippen LogP contribution in [0.5, 0.6) is 0 Å². The van der Waals surface area contributed by atoms with Crippen molar-refractivity contribution in [3.8, 4) is 0 Å². The summed E-state index contributed by atoms with van der Waals surface area (Å²) in [4.78, 5) is 0. The molecule has 1 aliphatic heterocycles. The molecule has 2 aliphatic rings. The summed E-state index contributed by atoms with van der Waals surface area (Å²) in [5, 5.41) is 1.27. The Morgan fingerprint density at radius 3 is 2.77 bits per heavy atom. The molecule has 0 N–H and O–H groups in total. The van der Waals surface area contributed by atoms with Gasteiger partial charge in [-0.2, -0.15) is 0 Å². The molecule has 0 saturated carbocycles. The van der Waals surface area contributed by atoms with E-state index in [1.165, 1.54) is 16.2 Å². The first-order valence-corrected chi connectivity index (χ1v) is 6.55. The van der Waals surface area contributed by atoms with Crippen LogP contribution in [0.15, 0.2) is 30.3 Å². The lowest BCUT2D eigenvalue weighted by Crippen LogP contribution is -2.15. The predicted molar refractivity (Wildman–Crippen MR) is 62.1 cm³/mol. The first-order chi connectivity index (χ1) is 6.45. The highest BCUT2D eigenvalue weighted by Gasteiger charge is 2.31. The molecule has 0 nitrogen and oxygen atoms in total. The molecule has 1 atom stereocenters. The maximum atomic E-state index is 2.36. The Kier molecular flexibility index (Phi) is 1.91. The largest absolute Gasteiger partial charge is 0.136 e. The summed E-state index contributed by atoms with van der Waals surface area (Å²) in [5.41, 5.74) is 2.94. The van der Waals surface area contributed by atoms with Gasteiger partial charge in [0.15, 0.2) is 0 Å². The minimum absolute atomic E-state index is 0.667. The van der Waals surface area contributed by atoms with Crippen LogP contribution in [0.2, 0.25) is 0 Å². The molecule has 1 saturated heterocycles. The first-order valence-electron chi connectivity index (χ1n) is 4.45. The van der Waals surface area contributed by atoms with Crippen LogP contribution in [0.25, 0.3) is 6.08 Å². The Morgan fingerprint density at radius 1 is 1.15 bits per heavy atom. The molecule has 3 rings (SSSR count). The number of allylic oxidation sites excluding steroid dienone is 1. The van der Waals surface area contributed by atoms with Crippen molar-refractivity contribution in [2.24, 2.45) is 0 Å². The van der Waals surface area contributed by atoms with E-state index in [4.69, 9.17) is 0 Å². The van der Waals surface area contributed by atoms with Crippen molar-refractivity contribution < 1.29 is 0 Å². The maximum absolute atomic E-state index is 2.36. The summed E-state index contributed by atoms with van der Waals surface area (Å²) in [7, 11) is 0. The van der Waals surface area contributed by atoms with Gasteiger partial charge in [0.1, 0.15) is 0 Å². The van der Waals surface area contributed by atoms with E-state index in [0.29, 0.717) is 5.92 Å². The third kappa shape index (κ3) is 1.24. The molecule has 1 heterocycles. The van der Waals surface area contributed by atoms with Crippen molar-refractivity contribution in [1.29, 1.82) is 0 Å². The van der Waals surface area contributed by atoms with Crippen LogP contribution in [0, 0.1) is 0 Å². The second-order valence-corrected chi connectivity index (χ2v) is 6.26. The molecule has 1 aromatic carbocycles. The standard InChI is InChI=1S/C11H10S2/c1-2-4-9-8(3-1)5-6-10(9)11-12-7-13-11/h1-6,10-11H,7H2. The van der Waals surface area contributed by atoms with Crippen LogP contribution < -0.4 is 0 Å². The Hall–Kier alpha value is -0.340. The maximum Gasteiger partial charge on any atom is 0.0622 e. The van der Waals surface area contributed by atoms with Crippen LogP contribution >= 0.6 is 23.5 Å². The molecule has 0 aromatic heterocycles. The fraction of sp³-hybridized carbons (Fsp3) is 0.273. The topological polar surface area (TPSA) is 0 Å². The number of rotatable bonds is 1. The van der Waals surface area contributed by atoms with Gasteiger partial charge in [-0.15, -0.1) is 23.5 Å². The zero-order valence-corrected chi connectivity index (χ0v) is 8.78. The van der Waals surface area contributed by atoms with Crippen LogP contribution in [0.4, 0.5) is 0 Å². The SMILES string of the molecule is C1=CC(C2SCS2)c2ccccc21. The molecule has 0 amide bonds. The highest BCUT2D eigenvalue weighted by atomic mass is 32.3. The minimum atomic E-state index is 0.667. The van der Waals surface area contributed by atoms with E-state index in [0.717, 1.165) is 4.58 Å². The van der Waals surface area contributed by atoms with Crippen molar-refractivity contribution in [2.45, 2.75) is 10.5 Å². The monoisotopic (exact) mass is 206 g/mol. The van der Waals surface area contributed by atoms with E-state index in [1.807, 2.05) is 0 Å². The lowest BCUT2D eigenvalue weighted by Gasteiger charge is -2.29. The van der Waals surface area contributed by atoms with Crippen molar-refractivity contribution in [3.05, 3.63) is 41.5 Å². The molecule has 1 aromatic rings. The van der Waals surface area contributed by atoms with E-state index in [-0.39, 0.29) is 0 Å². The van der Waals surface area contributed by atoms with Gasteiger partial charge in [0.25, 0.3) is 0 Å². The van der Waals surface area contributed by atoms with Crippen LogP contribution in [0.3, 0.4) is 0 Å². The van der Waals surface area contributed by atoms with E-state index >= 15 is 0 Å². The molecule has 1 fully saturated rings. The van der Waals surface area contributed by atoms with Gasteiger partial charge in [0.2, 0.25) is 0 Å². The quantitative estimate of drug-likeness (QED) is 0.689. The summed E-state index contributed by atoms with van der Waals surface area (Å²) in [5.74, 6) is 0.667. The molecule has 66 valence electrons. The summed E-state index contributed by atoms with van der Waals surface area (Å²) >= 11 is 4.16. The van der Waals surface area contributed by atoms with Crippen LogP contribution in [0.1, 0.15) is 17.0 Å². The zero-order chi connectivity index (χ0) is 8.67. The summed E-state index contributed by atoms with van der Waals surface area (Å²) in [6.45, 7) is 0. The molecule has 1 aliphatic carbocycles. The van der Waals surface area contributed by atoms with Gasteiger partial charge in [-0.25, -0.2) is 0 Å². The Morgan fingerprint density at radius 2 is 2.00 bits per heavy atom. The summed E-state index contributed by atoms with van der Waals surface area (Å²) in [6.07, 6.45) is 4.62. The van der Waals surface area contributed by atoms with Gasteiger partial charge in [-0.05, 0) is 11.1 Å². The third-order valence-electron chi connectivity index (χ3n) is 2.60. The minimum Gasteiger partial charge on any atom is -0.136 e. The smallest absolute Gasteiger partial charge is 0.0622 e. The fourth-order valence-corrected chi connectivity index (χ4v) is 3.93. The van der Waals surface area contributed by atoms with E-state index < -0.39 is 0 Å². The van der Waals surface area contributed by atoms with Crippen molar-refractivity contribution >= 4 is 29.6 Å². The van der Waals surface area contributed by atoms with Gasteiger partial charge in [-0.3, -0.25) is 0 Å². The fourth-order valence-electron chi connectivity index (χ4n) is 1.87. The van der Waals surface area contributed by atoms with E-state index in [9.17, 15) is 0 Å². The highest BCUT2D eigenvalue weighted by Crippen LogP contribution is 2.50.